The van der Waals surface area contributed by atoms with E-state index in [4.69, 9.17) is 16.3 Å². The standard InChI is InChI=1S/C25H31ClN2O2/c1-3-4-5-18-30-23-11-7-21(8-12-23)9-13-25(29)28-16-14-27(15-17-28)24-19-22(26)10-6-20(24)2/h6-13,19H,3-5,14-18H2,1-2H3. The zero-order valence-corrected chi connectivity index (χ0v) is 18.7. The molecule has 0 aliphatic carbocycles. The number of halogens is 1. The van der Waals surface area contributed by atoms with Crippen LogP contribution in [0.5, 0.6) is 5.75 Å². The molecule has 1 heterocycles. The van der Waals surface area contributed by atoms with E-state index in [1.54, 1.807) is 6.08 Å². The molecule has 3 rings (SSSR count). The Labute approximate surface area is 185 Å². The number of carbonyl (C=O) groups is 1. The summed E-state index contributed by atoms with van der Waals surface area (Å²) >= 11 is 6.15. The first-order valence-corrected chi connectivity index (χ1v) is 11.2. The molecule has 0 radical (unpaired) electrons. The van der Waals surface area contributed by atoms with Crippen molar-refractivity contribution in [1.29, 1.82) is 0 Å². The van der Waals surface area contributed by atoms with Crippen molar-refractivity contribution in [3.63, 3.8) is 0 Å². The van der Waals surface area contributed by atoms with Crippen LogP contribution in [0.25, 0.3) is 6.08 Å². The van der Waals surface area contributed by atoms with E-state index in [1.165, 1.54) is 18.4 Å². The van der Waals surface area contributed by atoms with Gasteiger partial charge in [-0.2, -0.15) is 0 Å². The summed E-state index contributed by atoms with van der Waals surface area (Å²) in [5.41, 5.74) is 3.36. The van der Waals surface area contributed by atoms with Crippen LogP contribution < -0.4 is 9.64 Å². The number of benzene rings is 2. The molecule has 0 aromatic heterocycles. The van der Waals surface area contributed by atoms with Crippen LogP contribution in [0, 0.1) is 6.92 Å². The summed E-state index contributed by atoms with van der Waals surface area (Å²) < 4.78 is 5.73. The number of piperazine rings is 1. The lowest BCUT2D eigenvalue weighted by Crippen LogP contribution is -2.48. The van der Waals surface area contributed by atoms with E-state index in [-0.39, 0.29) is 5.91 Å². The third-order valence-electron chi connectivity index (χ3n) is 5.42. The SMILES string of the molecule is CCCCCOc1ccc(C=CC(=O)N2CCN(c3cc(Cl)ccc3C)CC2)cc1. The lowest BCUT2D eigenvalue weighted by molar-refractivity contribution is -0.126. The predicted molar refractivity (Wildman–Crippen MR) is 125 cm³/mol. The summed E-state index contributed by atoms with van der Waals surface area (Å²) in [5, 5.41) is 0.745. The van der Waals surface area contributed by atoms with Crippen LogP contribution in [0.4, 0.5) is 5.69 Å². The van der Waals surface area contributed by atoms with Gasteiger partial charge >= 0.3 is 0 Å². The lowest BCUT2D eigenvalue weighted by Gasteiger charge is -2.36. The van der Waals surface area contributed by atoms with Crippen LogP contribution in [0.15, 0.2) is 48.5 Å². The van der Waals surface area contributed by atoms with Crippen molar-refractivity contribution in [3.8, 4) is 5.75 Å². The smallest absolute Gasteiger partial charge is 0.246 e. The van der Waals surface area contributed by atoms with Crippen LogP contribution in [-0.2, 0) is 4.79 Å². The maximum absolute atomic E-state index is 12.6. The minimum atomic E-state index is 0.0531. The number of carbonyl (C=O) groups excluding carboxylic acids is 1. The highest BCUT2D eigenvalue weighted by molar-refractivity contribution is 6.30. The van der Waals surface area contributed by atoms with Crippen molar-refractivity contribution < 1.29 is 9.53 Å². The minimum Gasteiger partial charge on any atom is -0.494 e. The summed E-state index contributed by atoms with van der Waals surface area (Å²) in [7, 11) is 0. The normalized spacial score (nSPS) is 14.4. The third kappa shape index (κ3) is 6.27. The summed E-state index contributed by atoms with van der Waals surface area (Å²) in [6, 6.07) is 13.9. The number of unbranched alkanes of at least 4 members (excludes halogenated alkanes) is 2. The van der Waals surface area contributed by atoms with Crippen molar-refractivity contribution in [2.45, 2.75) is 33.1 Å². The largest absolute Gasteiger partial charge is 0.494 e. The third-order valence-corrected chi connectivity index (χ3v) is 5.65. The Bertz CT molecular complexity index is 856. The highest BCUT2D eigenvalue weighted by atomic mass is 35.5. The van der Waals surface area contributed by atoms with Crippen LogP contribution in [0.2, 0.25) is 5.02 Å². The molecule has 1 aliphatic heterocycles. The number of rotatable bonds is 8. The molecule has 2 aromatic rings. The number of aryl methyl sites for hydroxylation is 1. The molecule has 160 valence electrons. The maximum Gasteiger partial charge on any atom is 0.246 e. The molecule has 1 saturated heterocycles. The number of hydrogen-bond acceptors (Lipinski definition) is 3. The van der Waals surface area contributed by atoms with Crippen molar-refractivity contribution in [1.82, 2.24) is 4.90 Å². The quantitative estimate of drug-likeness (QED) is 0.408. The Morgan fingerprint density at radius 3 is 2.50 bits per heavy atom. The van der Waals surface area contributed by atoms with E-state index < -0.39 is 0 Å². The second kappa shape index (κ2) is 11.1. The Morgan fingerprint density at radius 2 is 1.80 bits per heavy atom. The highest BCUT2D eigenvalue weighted by Gasteiger charge is 2.20. The fraction of sp³-hybridized carbons (Fsp3) is 0.400. The summed E-state index contributed by atoms with van der Waals surface area (Å²) in [4.78, 5) is 16.8. The Morgan fingerprint density at radius 1 is 1.07 bits per heavy atom. The Hall–Kier alpha value is -2.46. The molecule has 2 aromatic carbocycles. The van der Waals surface area contributed by atoms with Gasteiger partial charge < -0.3 is 14.5 Å². The van der Waals surface area contributed by atoms with E-state index in [9.17, 15) is 4.79 Å². The summed E-state index contributed by atoms with van der Waals surface area (Å²) in [6.45, 7) is 8.06. The molecule has 0 saturated carbocycles. The number of anilines is 1. The first-order chi connectivity index (χ1) is 14.6. The average Bonchev–Trinajstić information content (AvgIpc) is 2.77. The van der Waals surface area contributed by atoms with Gasteiger partial charge in [0.25, 0.3) is 0 Å². The van der Waals surface area contributed by atoms with Crippen molar-refractivity contribution >= 4 is 29.3 Å². The second-order valence-electron chi connectivity index (χ2n) is 7.70. The van der Waals surface area contributed by atoms with Crippen molar-refractivity contribution in [2.75, 3.05) is 37.7 Å². The summed E-state index contributed by atoms with van der Waals surface area (Å²) in [5.74, 6) is 0.930. The maximum atomic E-state index is 12.6. The van der Waals surface area contributed by atoms with E-state index in [2.05, 4.69) is 18.7 Å². The molecule has 5 heteroatoms. The van der Waals surface area contributed by atoms with E-state index in [0.29, 0.717) is 13.1 Å². The van der Waals surface area contributed by atoms with Gasteiger partial charge in [-0.1, -0.05) is 49.6 Å². The Balaban J connectivity index is 1.48. The first kappa shape index (κ1) is 22.2. The van der Waals surface area contributed by atoms with Gasteiger partial charge in [-0.3, -0.25) is 4.79 Å². The molecule has 0 bridgehead atoms. The average molecular weight is 427 g/mol. The van der Waals surface area contributed by atoms with Crippen LogP contribution in [-0.4, -0.2) is 43.6 Å². The zero-order chi connectivity index (χ0) is 21.3. The lowest BCUT2D eigenvalue weighted by atomic mass is 10.1. The van der Waals surface area contributed by atoms with Crippen molar-refractivity contribution in [3.05, 3.63) is 64.7 Å². The van der Waals surface area contributed by atoms with Crippen LogP contribution >= 0.6 is 11.6 Å². The second-order valence-corrected chi connectivity index (χ2v) is 8.14. The van der Waals surface area contributed by atoms with E-state index in [0.717, 1.165) is 48.1 Å². The van der Waals surface area contributed by atoms with Gasteiger partial charge in [0, 0.05) is 43.0 Å². The van der Waals surface area contributed by atoms with Gasteiger partial charge in [-0.15, -0.1) is 0 Å². The number of nitrogens with zero attached hydrogens (tertiary/aromatic N) is 2. The van der Waals surface area contributed by atoms with Gasteiger partial charge in [-0.05, 0) is 54.8 Å². The monoisotopic (exact) mass is 426 g/mol. The predicted octanol–water partition coefficient (Wildman–Crippen LogP) is 5.58. The van der Waals surface area contributed by atoms with Gasteiger partial charge in [0.15, 0.2) is 0 Å². The number of hydrogen-bond donors (Lipinski definition) is 0. The zero-order valence-electron chi connectivity index (χ0n) is 17.9. The van der Waals surface area contributed by atoms with Gasteiger partial charge in [-0.25, -0.2) is 0 Å². The van der Waals surface area contributed by atoms with Crippen molar-refractivity contribution in [2.24, 2.45) is 0 Å². The molecule has 0 unspecified atom stereocenters. The van der Waals surface area contributed by atoms with Gasteiger partial charge in [0.05, 0.1) is 6.61 Å². The van der Waals surface area contributed by atoms with E-state index >= 15 is 0 Å². The number of ether oxygens (including phenoxy) is 1. The molecule has 30 heavy (non-hydrogen) atoms. The fourth-order valence-electron chi connectivity index (χ4n) is 3.58. The highest BCUT2D eigenvalue weighted by Crippen LogP contribution is 2.25. The fourth-order valence-corrected chi connectivity index (χ4v) is 3.75. The molecule has 0 N–H and O–H groups in total. The molecule has 1 fully saturated rings. The number of amides is 1. The first-order valence-electron chi connectivity index (χ1n) is 10.8. The molecule has 1 amide bonds. The molecule has 4 nitrogen and oxygen atoms in total. The topological polar surface area (TPSA) is 32.8 Å². The van der Waals surface area contributed by atoms with E-state index in [1.807, 2.05) is 53.4 Å². The molecule has 0 spiro atoms. The van der Waals surface area contributed by atoms with Crippen LogP contribution in [0.3, 0.4) is 0 Å². The molecular weight excluding hydrogens is 396 g/mol. The molecular formula is C25H31ClN2O2. The van der Waals surface area contributed by atoms with Gasteiger partial charge in [0.1, 0.15) is 5.75 Å². The van der Waals surface area contributed by atoms with Gasteiger partial charge in [0.2, 0.25) is 5.91 Å². The van der Waals surface area contributed by atoms with Crippen LogP contribution in [0.1, 0.15) is 37.3 Å². The Kier molecular flexibility index (Phi) is 8.21. The minimum absolute atomic E-state index is 0.0531. The molecule has 1 aliphatic rings. The molecule has 0 atom stereocenters. The summed E-state index contributed by atoms with van der Waals surface area (Å²) in [6.07, 6.45) is 7.00.